The van der Waals surface area contributed by atoms with Crippen molar-refractivity contribution in [1.29, 1.82) is 0 Å². The Labute approximate surface area is 136 Å². The lowest BCUT2D eigenvalue weighted by Gasteiger charge is -2.07. The molecular weight excluding hydrogens is 316 g/mol. The number of aryl methyl sites for hydroxylation is 1. The maximum Gasteiger partial charge on any atom is 0.340 e. The second-order valence-electron chi connectivity index (χ2n) is 4.76. The van der Waals surface area contributed by atoms with Gasteiger partial charge < -0.3 is 14.3 Å². The van der Waals surface area contributed by atoms with Gasteiger partial charge in [-0.3, -0.25) is 0 Å². The number of phenolic OH excluding ortho intramolecular Hbond substituents is 1. The second kappa shape index (κ2) is 6.21. The Balaban J connectivity index is 2.20. The number of nitrogens with zero attached hydrogens (tertiary/aromatic N) is 2. The zero-order valence-corrected chi connectivity index (χ0v) is 13.4. The van der Waals surface area contributed by atoms with Crippen LogP contribution in [0.5, 0.6) is 5.75 Å². The van der Waals surface area contributed by atoms with Crippen molar-refractivity contribution in [3.63, 3.8) is 0 Å². The molecule has 2 heterocycles. The lowest BCUT2D eigenvalue weighted by molar-refractivity contribution is 0.0527. The number of aromatic hydroxyl groups is 1. The van der Waals surface area contributed by atoms with Crippen molar-refractivity contribution in [3.05, 3.63) is 41.0 Å². The van der Waals surface area contributed by atoms with Crippen molar-refractivity contribution >= 4 is 39.0 Å². The van der Waals surface area contributed by atoms with Crippen LogP contribution in [-0.4, -0.2) is 17.7 Å². The monoisotopic (exact) mass is 330 g/mol. The van der Waals surface area contributed by atoms with Crippen LogP contribution < -0.4 is 0 Å². The van der Waals surface area contributed by atoms with Crippen LogP contribution in [-0.2, 0) is 4.74 Å². The van der Waals surface area contributed by atoms with Crippen molar-refractivity contribution in [1.82, 2.24) is 0 Å². The van der Waals surface area contributed by atoms with Crippen LogP contribution in [0.1, 0.15) is 22.2 Å². The number of hydrogen-bond acceptors (Lipinski definition) is 7. The Bertz CT molecular complexity index is 881. The zero-order valence-electron chi connectivity index (χ0n) is 12.6. The number of azo groups is 1. The van der Waals surface area contributed by atoms with Gasteiger partial charge in [-0.15, -0.1) is 21.6 Å². The third kappa shape index (κ3) is 2.95. The van der Waals surface area contributed by atoms with Crippen molar-refractivity contribution in [2.24, 2.45) is 10.2 Å². The molecule has 6 nitrogen and oxygen atoms in total. The third-order valence-electron chi connectivity index (χ3n) is 3.13. The van der Waals surface area contributed by atoms with Crippen LogP contribution in [0.3, 0.4) is 0 Å². The average Bonchev–Trinajstić information content (AvgIpc) is 3.15. The minimum absolute atomic E-state index is 0.0179. The third-order valence-corrected chi connectivity index (χ3v) is 4.19. The summed E-state index contributed by atoms with van der Waals surface area (Å²) in [6.07, 6.45) is 1.49. The minimum atomic E-state index is -0.552. The predicted octanol–water partition coefficient (Wildman–Crippen LogP) is 5.10. The highest BCUT2D eigenvalue weighted by molar-refractivity contribution is 7.19. The van der Waals surface area contributed by atoms with Crippen molar-refractivity contribution < 1.29 is 19.1 Å². The molecule has 118 valence electrons. The smallest absolute Gasteiger partial charge is 0.340 e. The number of fused-ring (bicyclic) bond motifs is 1. The first kappa shape index (κ1) is 15.2. The Hall–Kier alpha value is -2.67. The van der Waals surface area contributed by atoms with Gasteiger partial charge >= 0.3 is 5.97 Å². The van der Waals surface area contributed by atoms with Gasteiger partial charge in [0.1, 0.15) is 11.4 Å². The normalized spacial score (nSPS) is 11.4. The zero-order chi connectivity index (χ0) is 16.4. The summed E-state index contributed by atoms with van der Waals surface area (Å²) >= 11 is 1.43. The molecule has 0 aliphatic heterocycles. The molecule has 3 aromatic rings. The topological polar surface area (TPSA) is 84.4 Å². The van der Waals surface area contributed by atoms with E-state index in [0.29, 0.717) is 21.7 Å². The first-order valence-electron chi connectivity index (χ1n) is 6.98. The summed E-state index contributed by atoms with van der Waals surface area (Å²) in [5.41, 5.74) is 0.541. The number of phenols is 1. The van der Waals surface area contributed by atoms with Gasteiger partial charge in [-0.25, -0.2) is 4.79 Å². The van der Waals surface area contributed by atoms with E-state index in [1.807, 2.05) is 13.0 Å². The van der Waals surface area contributed by atoms with Crippen LogP contribution in [0, 0.1) is 6.92 Å². The fourth-order valence-corrected chi connectivity index (χ4v) is 3.19. The Morgan fingerprint density at radius 1 is 1.39 bits per heavy atom. The van der Waals surface area contributed by atoms with Gasteiger partial charge in [0.15, 0.2) is 0 Å². The second-order valence-corrected chi connectivity index (χ2v) is 6.02. The molecule has 0 saturated carbocycles. The minimum Gasteiger partial charge on any atom is -0.507 e. The van der Waals surface area contributed by atoms with E-state index in [9.17, 15) is 9.90 Å². The summed E-state index contributed by atoms with van der Waals surface area (Å²) in [5, 5.41) is 19.0. The first-order valence-corrected chi connectivity index (χ1v) is 7.80. The standard InChI is InChI=1S/C16H14N2O4S/c1-3-21-16(20)11-8-12(19)10-7-9(2)23-15(10)14(11)18-17-13-5-4-6-22-13/h4-8,19H,3H2,1-2H3/b18-17+. The number of thiophene rings is 1. The average molecular weight is 330 g/mol. The molecule has 23 heavy (non-hydrogen) atoms. The molecule has 7 heteroatoms. The van der Waals surface area contributed by atoms with E-state index in [-0.39, 0.29) is 17.9 Å². The van der Waals surface area contributed by atoms with E-state index < -0.39 is 5.97 Å². The number of hydrogen-bond donors (Lipinski definition) is 1. The summed E-state index contributed by atoms with van der Waals surface area (Å²) in [5.74, 6) is -0.206. The summed E-state index contributed by atoms with van der Waals surface area (Å²) in [6.45, 7) is 3.87. The van der Waals surface area contributed by atoms with Gasteiger partial charge in [0.2, 0.25) is 5.88 Å². The van der Waals surface area contributed by atoms with E-state index in [1.165, 1.54) is 23.7 Å². The number of furan rings is 1. The molecule has 0 fully saturated rings. The molecule has 3 rings (SSSR count). The van der Waals surface area contributed by atoms with Gasteiger partial charge in [0, 0.05) is 16.3 Å². The molecule has 0 aliphatic rings. The highest BCUT2D eigenvalue weighted by Crippen LogP contribution is 2.42. The van der Waals surface area contributed by atoms with Crippen molar-refractivity contribution in [2.75, 3.05) is 6.61 Å². The predicted molar refractivity (Wildman–Crippen MR) is 87.1 cm³/mol. The Morgan fingerprint density at radius 2 is 2.22 bits per heavy atom. The number of benzene rings is 1. The van der Waals surface area contributed by atoms with Gasteiger partial charge in [-0.2, -0.15) is 0 Å². The molecular formula is C16H14N2O4S. The maximum absolute atomic E-state index is 12.2. The van der Waals surface area contributed by atoms with Gasteiger partial charge in [-0.05, 0) is 32.0 Å². The molecule has 1 aromatic carbocycles. The summed E-state index contributed by atoms with van der Waals surface area (Å²) in [4.78, 5) is 13.2. The van der Waals surface area contributed by atoms with Gasteiger partial charge in [0.25, 0.3) is 0 Å². The van der Waals surface area contributed by atoms with Gasteiger partial charge in [0.05, 0.1) is 23.1 Å². The van der Waals surface area contributed by atoms with E-state index in [0.717, 1.165) is 4.88 Å². The number of esters is 1. The molecule has 0 unspecified atom stereocenters. The van der Waals surface area contributed by atoms with Crippen LogP contribution in [0.4, 0.5) is 11.6 Å². The Kier molecular flexibility index (Phi) is 4.12. The van der Waals surface area contributed by atoms with Crippen LogP contribution in [0.2, 0.25) is 0 Å². The molecule has 0 bridgehead atoms. The lowest BCUT2D eigenvalue weighted by atomic mass is 10.1. The molecule has 0 radical (unpaired) electrons. The molecule has 2 aromatic heterocycles. The molecule has 0 amide bonds. The van der Waals surface area contributed by atoms with Crippen LogP contribution >= 0.6 is 11.3 Å². The van der Waals surface area contributed by atoms with Crippen molar-refractivity contribution in [2.45, 2.75) is 13.8 Å². The molecule has 0 aliphatic carbocycles. The maximum atomic E-state index is 12.2. The van der Waals surface area contributed by atoms with Crippen LogP contribution in [0.25, 0.3) is 10.1 Å². The largest absolute Gasteiger partial charge is 0.507 e. The Morgan fingerprint density at radius 3 is 2.91 bits per heavy atom. The van der Waals surface area contributed by atoms with E-state index in [4.69, 9.17) is 9.15 Å². The SMILES string of the molecule is CCOC(=O)c1cc(O)c2cc(C)sc2c1/N=N/c1ccco1. The summed E-state index contributed by atoms with van der Waals surface area (Å²) in [6, 6.07) is 6.56. The fraction of sp³-hybridized carbons (Fsp3) is 0.188. The quantitative estimate of drug-likeness (QED) is 0.532. The van der Waals surface area contributed by atoms with E-state index in [2.05, 4.69) is 10.2 Å². The van der Waals surface area contributed by atoms with E-state index >= 15 is 0 Å². The number of ether oxygens (including phenoxy) is 1. The lowest BCUT2D eigenvalue weighted by Crippen LogP contribution is -2.04. The molecule has 0 saturated heterocycles. The number of carbonyl (C=O) groups excluding carboxylic acids is 1. The number of carbonyl (C=O) groups is 1. The fourth-order valence-electron chi connectivity index (χ4n) is 2.18. The first-order chi connectivity index (χ1) is 11.1. The van der Waals surface area contributed by atoms with Crippen molar-refractivity contribution in [3.8, 4) is 5.75 Å². The van der Waals surface area contributed by atoms with Gasteiger partial charge in [-0.1, -0.05) is 0 Å². The molecule has 0 atom stereocenters. The summed E-state index contributed by atoms with van der Waals surface area (Å²) in [7, 11) is 0. The highest BCUT2D eigenvalue weighted by atomic mass is 32.1. The van der Waals surface area contributed by atoms with E-state index in [1.54, 1.807) is 19.1 Å². The highest BCUT2D eigenvalue weighted by Gasteiger charge is 2.20. The van der Waals surface area contributed by atoms with Crippen LogP contribution in [0.15, 0.2) is 45.2 Å². The molecule has 0 spiro atoms. The summed E-state index contributed by atoms with van der Waals surface area (Å²) < 4.78 is 10.8. The number of rotatable bonds is 4. The molecule has 1 N–H and O–H groups in total.